The van der Waals surface area contributed by atoms with Crippen molar-refractivity contribution in [1.29, 1.82) is 0 Å². The Morgan fingerprint density at radius 3 is 2.36 bits per heavy atom. The summed E-state index contributed by atoms with van der Waals surface area (Å²) in [6, 6.07) is 0. The summed E-state index contributed by atoms with van der Waals surface area (Å²) >= 11 is 0. The smallest absolute Gasteiger partial charge is 0.200 e. The lowest BCUT2D eigenvalue weighted by molar-refractivity contribution is -0.137. The fourth-order valence-corrected chi connectivity index (χ4v) is 1.08. The molecule has 0 fully saturated rings. The molecule has 0 aliphatic heterocycles. The van der Waals surface area contributed by atoms with E-state index in [0.717, 1.165) is 0 Å². The average Bonchev–Trinajstić information content (AvgIpc) is 2.10. The number of rotatable bonds is 6. The van der Waals surface area contributed by atoms with Gasteiger partial charge in [0.05, 0.1) is 0 Å². The zero-order valence-electron chi connectivity index (χ0n) is 8.62. The highest BCUT2D eigenvalue weighted by atomic mass is 16.2. The molecule has 0 saturated carbocycles. The SMILES string of the molecule is CC(=O)C(=O)C(C)CCCN=C(N)N. The van der Waals surface area contributed by atoms with Crippen molar-refractivity contribution in [3.63, 3.8) is 0 Å². The summed E-state index contributed by atoms with van der Waals surface area (Å²) in [6.07, 6.45) is 1.34. The molecule has 0 rings (SSSR count). The second-order valence-electron chi connectivity index (χ2n) is 3.27. The number of nitrogens with two attached hydrogens (primary N) is 2. The molecule has 0 aromatic heterocycles. The Balaban J connectivity index is 3.75. The van der Waals surface area contributed by atoms with Crippen LogP contribution in [0.3, 0.4) is 0 Å². The fourth-order valence-electron chi connectivity index (χ4n) is 1.08. The second kappa shape index (κ2) is 6.12. The van der Waals surface area contributed by atoms with Gasteiger partial charge in [-0.25, -0.2) is 0 Å². The number of nitrogens with zero attached hydrogens (tertiary/aromatic N) is 1. The van der Waals surface area contributed by atoms with Crippen molar-refractivity contribution in [1.82, 2.24) is 0 Å². The third-order valence-corrected chi connectivity index (χ3v) is 1.88. The van der Waals surface area contributed by atoms with Gasteiger partial charge in [0.1, 0.15) is 0 Å². The lowest BCUT2D eigenvalue weighted by Crippen LogP contribution is -2.23. The third kappa shape index (κ3) is 5.29. The van der Waals surface area contributed by atoms with Gasteiger partial charge in [0.15, 0.2) is 11.7 Å². The molecular weight excluding hydrogens is 182 g/mol. The number of hydrogen-bond donors (Lipinski definition) is 2. The number of aliphatic imine (C=N–C) groups is 1. The maximum Gasteiger partial charge on any atom is 0.200 e. The minimum Gasteiger partial charge on any atom is -0.370 e. The van der Waals surface area contributed by atoms with Crippen LogP contribution in [0.5, 0.6) is 0 Å². The van der Waals surface area contributed by atoms with E-state index in [0.29, 0.717) is 19.4 Å². The summed E-state index contributed by atoms with van der Waals surface area (Å²) < 4.78 is 0. The maximum absolute atomic E-state index is 11.1. The van der Waals surface area contributed by atoms with E-state index >= 15 is 0 Å². The Hall–Kier alpha value is -1.39. The quantitative estimate of drug-likeness (QED) is 0.268. The summed E-state index contributed by atoms with van der Waals surface area (Å²) in [5, 5.41) is 0. The molecule has 0 saturated heterocycles. The van der Waals surface area contributed by atoms with Gasteiger partial charge >= 0.3 is 0 Å². The number of Topliss-reactive ketones (excluding diaryl/α,β-unsaturated/α-hetero) is 2. The van der Waals surface area contributed by atoms with Crippen molar-refractivity contribution < 1.29 is 9.59 Å². The summed E-state index contributed by atoms with van der Waals surface area (Å²) in [5.41, 5.74) is 10.2. The van der Waals surface area contributed by atoms with Gasteiger partial charge < -0.3 is 11.5 Å². The molecule has 0 radical (unpaired) electrons. The molecule has 5 nitrogen and oxygen atoms in total. The van der Waals surface area contributed by atoms with Gasteiger partial charge in [-0.2, -0.15) is 0 Å². The average molecular weight is 199 g/mol. The van der Waals surface area contributed by atoms with Crippen molar-refractivity contribution in [3.8, 4) is 0 Å². The predicted octanol–water partition coefficient (Wildman–Crippen LogP) is -0.166. The van der Waals surface area contributed by atoms with Crippen molar-refractivity contribution >= 4 is 17.5 Å². The highest BCUT2D eigenvalue weighted by Crippen LogP contribution is 2.07. The molecule has 1 unspecified atom stereocenters. The van der Waals surface area contributed by atoms with E-state index in [9.17, 15) is 9.59 Å². The third-order valence-electron chi connectivity index (χ3n) is 1.88. The van der Waals surface area contributed by atoms with Crippen LogP contribution in [0.2, 0.25) is 0 Å². The lowest BCUT2D eigenvalue weighted by Gasteiger charge is -2.06. The predicted molar refractivity (Wildman–Crippen MR) is 54.8 cm³/mol. The van der Waals surface area contributed by atoms with Gasteiger partial charge in [0.25, 0.3) is 0 Å². The summed E-state index contributed by atoms with van der Waals surface area (Å²) in [5.74, 6) is -0.897. The number of hydrogen-bond acceptors (Lipinski definition) is 3. The molecule has 0 aromatic rings. The molecule has 14 heavy (non-hydrogen) atoms. The van der Waals surface area contributed by atoms with Gasteiger partial charge in [-0.1, -0.05) is 6.92 Å². The van der Waals surface area contributed by atoms with Crippen LogP contribution >= 0.6 is 0 Å². The molecule has 5 heteroatoms. The Bertz CT molecular complexity index is 244. The molecule has 0 heterocycles. The van der Waals surface area contributed by atoms with Crippen LogP contribution in [0.1, 0.15) is 26.7 Å². The van der Waals surface area contributed by atoms with Gasteiger partial charge in [0, 0.05) is 19.4 Å². The van der Waals surface area contributed by atoms with Crippen LogP contribution in [-0.2, 0) is 9.59 Å². The van der Waals surface area contributed by atoms with Crippen LogP contribution in [0.4, 0.5) is 0 Å². The number of ketones is 2. The highest BCUT2D eigenvalue weighted by molar-refractivity contribution is 6.36. The monoisotopic (exact) mass is 199 g/mol. The van der Waals surface area contributed by atoms with E-state index in [-0.39, 0.29) is 23.4 Å². The minimum absolute atomic E-state index is 0.0514. The lowest BCUT2D eigenvalue weighted by atomic mass is 9.98. The fraction of sp³-hybridized carbons (Fsp3) is 0.667. The largest absolute Gasteiger partial charge is 0.370 e. The molecule has 0 aliphatic rings. The molecule has 0 bridgehead atoms. The zero-order valence-corrected chi connectivity index (χ0v) is 8.62. The molecular formula is C9H17N3O2. The molecule has 80 valence electrons. The second-order valence-corrected chi connectivity index (χ2v) is 3.27. The summed E-state index contributed by atoms with van der Waals surface area (Å²) in [7, 11) is 0. The van der Waals surface area contributed by atoms with E-state index in [1.54, 1.807) is 6.92 Å². The summed E-state index contributed by atoms with van der Waals surface area (Å²) in [4.78, 5) is 25.6. The van der Waals surface area contributed by atoms with E-state index in [1.807, 2.05) is 0 Å². The highest BCUT2D eigenvalue weighted by Gasteiger charge is 2.16. The molecule has 4 N–H and O–H groups in total. The number of carbonyl (C=O) groups excluding carboxylic acids is 2. The van der Waals surface area contributed by atoms with Crippen molar-refractivity contribution in [2.45, 2.75) is 26.7 Å². The van der Waals surface area contributed by atoms with Crippen LogP contribution in [0, 0.1) is 5.92 Å². The number of guanidine groups is 1. The maximum atomic E-state index is 11.1. The van der Waals surface area contributed by atoms with E-state index in [1.165, 1.54) is 6.92 Å². The molecule has 0 aliphatic carbocycles. The number of carbonyl (C=O) groups is 2. The normalized spacial score (nSPS) is 11.9. The van der Waals surface area contributed by atoms with E-state index in [4.69, 9.17) is 11.5 Å². The first kappa shape index (κ1) is 12.6. The van der Waals surface area contributed by atoms with Gasteiger partial charge in [-0.3, -0.25) is 14.6 Å². The van der Waals surface area contributed by atoms with Crippen molar-refractivity contribution in [3.05, 3.63) is 0 Å². The first-order valence-electron chi connectivity index (χ1n) is 4.55. The van der Waals surface area contributed by atoms with Crippen molar-refractivity contribution in [2.24, 2.45) is 22.4 Å². The Morgan fingerprint density at radius 2 is 1.93 bits per heavy atom. The van der Waals surface area contributed by atoms with Crippen LogP contribution in [0.15, 0.2) is 4.99 Å². The van der Waals surface area contributed by atoms with Gasteiger partial charge in [-0.05, 0) is 12.8 Å². The van der Waals surface area contributed by atoms with E-state index < -0.39 is 0 Å². The van der Waals surface area contributed by atoms with Crippen LogP contribution in [0.25, 0.3) is 0 Å². The Morgan fingerprint density at radius 1 is 1.36 bits per heavy atom. The first-order valence-corrected chi connectivity index (χ1v) is 4.55. The van der Waals surface area contributed by atoms with E-state index in [2.05, 4.69) is 4.99 Å². The molecule has 1 atom stereocenters. The minimum atomic E-state index is -0.389. The molecule has 0 amide bonds. The standard InChI is InChI=1S/C9H17N3O2/c1-6(8(14)7(2)13)4-3-5-12-9(10)11/h6H,3-5H2,1-2H3,(H4,10,11,12). The molecule has 0 spiro atoms. The zero-order chi connectivity index (χ0) is 11.1. The van der Waals surface area contributed by atoms with Crippen LogP contribution < -0.4 is 11.5 Å². The Labute approximate surface area is 83.6 Å². The topological polar surface area (TPSA) is 98.5 Å². The molecule has 0 aromatic carbocycles. The first-order chi connectivity index (χ1) is 6.45. The summed E-state index contributed by atoms with van der Waals surface area (Å²) in [6.45, 7) is 3.52. The Kier molecular flexibility index (Phi) is 5.52. The van der Waals surface area contributed by atoms with Gasteiger partial charge in [0.2, 0.25) is 5.78 Å². The van der Waals surface area contributed by atoms with Crippen LogP contribution in [-0.4, -0.2) is 24.1 Å². The van der Waals surface area contributed by atoms with Crippen molar-refractivity contribution in [2.75, 3.05) is 6.54 Å². The van der Waals surface area contributed by atoms with Gasteiger partial charge in [-0.15, -0.1) is 0 Å².